The fourth-order valence-electron chi connectivity index (χ4n) is 2.47. The van der Waals surface area contributed by atoms with Crippen LogP contribution in [0.1, 0.15) is 40.6 Å². The zero-order valence-electron chi connectivity index (χ0n) is 12.8. The Bertz CT molecular complexity index is 611. The Hall–Kier alpha value is -1.54. The first kappa shape index (κ1) is 17.8. The monoisotopic (exact) mass is 357 g/mol. The second kappa shape index (κ2) is 8.35. The molecule has 126 valence electrons. The number of carbonyl (C=O) groups excluding carboxylic acids is 2. The number of hydrogen-bond acceptors (Lipinski definition) is 6. The van der Waals surface area contributed by atoms with Crippen molar-refractivity contribution in [3.63, 3.8) is 0 Å². The molecule has 1 aliphatic rings. The predicted molar refractivity (Wildman–Crippen MR) is 90.5 cm³/mol. The van der Waals surface area contributed by atoms with Crippen molar-refractivity contribution in [1.82, 2.24) is 0 Å². The molecule has 1 aromatic rings. The fourth-order valence-corrected chi connectivity index (χ4v) is 4.29. The van der Waals surface area contributed by atoms with Crippen LogP contribution in [0.3, 0.4) is 0 Å². The molecule has 0 saturated carbocycles. The summed E-state index contributed by atoms with van der Waals surface area (Å²) in [6.07, 6.45) is 3.84. The van der Waals surface area contributed by atoms with Gasteiger partial charge in [-0.15, -0.1) is 23.1 Å². The molecule has 0 fully saturated rings. The summed E-state index contributed by atoms with van der Waals surface area (Å²) in [6.45, 7) is 2.03. The largest absolute Gasteiger partial charge is 0.481 e. The van der Waals surface area contributed by atoms with E-state index in [1.807, 2.05) is 0 Å². The first-order chi connectivity index (χ1) is 11.0. The maximum Gasteiger partial charge on any atom is 0.341 e. The fraction of sp³-hybridized carbons (Fsp3) is 0.533. The number of aliphatic carboxylic acids is 1. The molecule has 0 unspecified atom stereocenters. The number of ether oxygens (including phenoxy) is 1. The summed E-state index contributed by atoms with van der Waals surface area (Å²) in [5.74, 6) is -1.75. The predicted octanol–water partition coefficient (Wildman–Crippen LogP) is 2.56. The Morgan fingerprint density at radius 3 is 2.70 bits per heavy atom. The van der Waals surface area contributed by atoms with E-state index in [-0.39, 0.29) is 24.0 Å². The molecule has 8 heteroatoms. The molecule has 1 amide bonds. The van der Waals surface area contributed by atoms with E-state index >= 15 is 0 Å². The number of nitrogens with one attached hydrogen (secondary N) is 1. The van der Waals surface area contributed by atoms with E-state index < -0.39 is 11.9 Å². The number of carbonyl (C=O) groups is 3. The molecule has 0 spiro atoms. The van der Waals surface area contributed by atoms with Crippen LogP contribution in [0.15, 0.2) is 0 Å². The van der Waals surface area contributed by atoms with E-state index in [4.69, 9.17) is 9.84 Å². The second-order valence-corrected chi connectivity index (χ2v) is 7.16. The Labute approximate surface area is 142 Å². The Balaban J connectivity index is 2.13. The number of aryl methyl sites for hydroxylation is 1. The highest BCUT2D eigenvalue weighted by Gasteiger charge is 2.27. The van der Waals surface area contributed by atoms with Crippen molar-refractivity contribution in [1.29, 1.82) is 0 Å². The molecule has 0 atom stereocenters. The molecular weight excluding hydrogens is 338 g/mol. The highest BCUT2D eigenvalue weighted by atomic mass is 32.2. The van der Waals surface area contributed by atoms with Crippen LogP contribution < -0.4 is 5.32 Å². The van der Waals surface area contributed by atoms with Crippen LogP contribution in [0, 0.1) is 0 Å². The number of carboxylic acids is 1. The van der Waals surface area contributed by atoms with E-state index in [1.165, 1.54) is 11.3 Å². The van der Waals surface area contributed by atoms with E-state index in [0.717, 1.165) is 47.9 Å². The smallest absolute Gasteiger partial charge is 0.341 e. The number of thiophene rings is 1. The van der Waals surface area contributed by atoms with Crippen molar-refractivity contribution < 1.29 is 24.2 Å². The van der Waals surface area contributed by atoms with Crippen molar-refractivity contribution >= 4 is 45.9 Å². The second-order valence-electron chi connectivity index (χ2n) is 5.07. The van der Waals surface area contributed by atoms with Gasteiger partial charge in [-0.05, 0) is 38.2 Å². The van der Waals surface area contributed by atoms with Crippen molar-refractivity contribution in [3.05, 3.63) is 16.0 Å². The number of hydrogen-bond donors (Lipinski definition) is 2. The van der Waals surface area contributed by atoms with Crippen molar-refractivity contribution in [2.75, 3.05) is 23.4 Å². The summed E-state index contributed by atoms with van der Waals surface area (Å²) in [7, 11) is 0. The highest BCUT2D eigenvalue weighted by molar-refractivity contribution is 8.00. The number of rotatable bonds is 7. The lowest BCUT2D eigenvalue weighted by atomic mass is 9.95. The summed E-state index contributed by atoms with van der Waals surface area (Å²) >= 11 is 2.45. The van der Waals surface area contributed by atoms with Gasteiger partial charge in [0, 0.05) is 4.88 Å². The van der Waals surface area contributed by atoms with Gasteiger partial charge >= 0.3 is 11.9 Å². The first-order valence-corrected chi connectivity index (χ1v) is 9.41. The van der Waals surface area contributed by atoms with Gasteiger partial charge in [-0.25, -0.2) is 4.79 Å². The van der Waals surface area contributed by atoms with Gasteiger partial charge < -0.3 is 15.2 Å². The van der Waals surface area contributed by atoms with Crippen LogP contribution in [0.4, 0.5) is 5.00 Å². The molecule has 0 aliphatic heterocycles. The summed E-state index contributed by atoms with van der Waals surface area (Å²) in [4.78, 5) is 35.8. The van der Waals surface area contributed by atoms with Crippen LogP contribution in [0.2, 0.25) is 0 Å². The molecular formula is C15H19NO5S2. The summed E-state index contributed by atoms with van der Waals surface area (Å²) < 4.78 is 5.12. The maximum atomic E-state index is 12.2. The van der Waals surface area contributed by atoms with Gasteiger partial charge in [-0.1, -0.05) is 0 Å². The molecule has 6 nitrogen and oxygen atoms in total. The van der Waals surface area contributed by atoms with Gasteiger partial charge in [0.2, 0.25) is 5.91 Å². The average molecular weight is 357 g/mol. The van der Waals surface area contributed by atoms with Gasteiger partial charge in [0.15, 0.2) is 0 Å². The minimum Gasteiger partial charge on any atom is -0.481 e. The number of amides is 1. The van der Waals surface area contributed by atoms with E-state index in [0.29, 0.717) is 10.6 Å². The molecule has 2 rings (SSSR count). The normalized spacial score (nSPS) is 13.3. The first-order valence-electron chi connectivity index (χ1n) is 7.44. The molecule has 0 aromatic carbocycles. The van der Waals surface area contributed by atoms with Crippen molar-refractivity contribution in [3.8, 4) is 0 Å². The lowest BCUT2D eigenvalue weighted by Crippen LogP contribution is -2.17. The van der Waals surface area contributed by atoms with Crippen molar-refractivity contribution in [2.24, 2.45) is 0 Å². The molecule has 0 bridgehead atoms. The number of carboxylic acid groups (broad SMARTS) is 1. The van der Waals surface area contributed by atoms with Crippen LogP contribution >= 0.6 is 23.1 Å². The van der Waals surface area contributed by atoms with Crippen LogP contribution in [-0.2, 0) is 27.2 Å². The third kappa shape index (κ3) is 4.71. The van der Waals surface area contributed by atoms with Gasteiger partial charge in [0.05, 0.1) is 23.7 Å². The quantitative estimate of drug-likeness (QED) is 0.729. The topological polar surface area (TPSA) is 92.7 Å². The third-order valence-corrected chi connectivity index (χ3v) is 5.49. The molecule has 0 saturated heterocycles. The Morgan fingerprint density at radius 2 is 2.00 bits per heavy atom. The minimum atomic E-state index is -0.957. The van der Waals surface area contributed by atoms with Crippen LogP contribution in [0.25, 0.3) is 0 Å². The van der Waals surface area contributed by atoms with Gasteiger partial charge in [-0.2, -0.15) is 0 Å². The van der Waals surface area contributed by atoms with Crippen LogP contribution in [-0.4, -0.2) is 41.1 Å². The Morgan fingerprint density at radius 1 is 1.26 bits per heavy atom. The Kier molecular flexibility index (Phi) is 6.47. The zero-order chi connectivity index (χ0) is 16.8. The van der Waals surface area contributed by atoms with Gasteiger partial charge in [0.25, 0.3) is 0 Å². The molecule has 2 N–H and O–H groups in total. The molecule has 0 radical (unpaired) electrons. The van der Waals surface area contributed by atoms with Crippen molar-refractivity contribution in [2.45, 2.75) is 32.6 Å². The third-order valence-electron chi connectivity index (χ3n) is 3.36. The standard InChI is InChI=1S/C15H19NO5S2/c1-2-21-15(20)13-9-5-3-4-6-10(9)23-14(13)16-11(17)7-22-8-12(18)19/h2-8H2,1H3,(H,16,17)(H,18,19). The van der Waals surface area contributed by atoms with Crippen LogP contribution in [0.5, 0.6) is 0 Å². The molecule has 1 aliphatic carbocycles. The number of anilines is 1. The van der Waals surface area contributed by atoms with E-state index in [1.54, 1.807) is 6.92 Å². The summed E-state index contributed by atoms with van der Waals surface area (Å²) in [5, 5.41) is 11.9. The zero-order valence-corrected chi connectivity index (χ0v) is 14.5. The maximum absolute atomic E-state index is 12.2. The summed E-state index contributed by atoms with van der Waals surface area (Å²) in [5.41, 5.74) is 1.47. The number of thioether (sulfide) groups is 1. The van der Waals surface area contributed by atoms with E-state index in [2.05, 4.69) is 5.32 Å². The molecule has 1 aromatic heterocycles. The van der Waals surface area contributed by atoms with Gasteiger partial charge in [-0.3, -0.25) is 9.59 Å². The molecule has 1 heterocycles. The molecule has 23 heavy (non-hydrogen) atoms. The van der Waals surface area contributed by atoms with E-state index in [9.17, 15) is 14.4 Å². The van der Waals surface area contributed by atoms with Gasteiger partial charge in [0.1, 0.15) is 5.00 Å². The lowest BCUT2D eigenvalue weighted by molar-refractivity contribution is -0.133. The minimum absolute atomic E-state index is 0.0388. The summed E-state index contributed by atoms with van der Waals surface area (Å²) in [6, 6.07) is 0. The number of esters is 1. The SMILES string of the molecule is CCOC(=O)c1c(NC(=O)CSCC(=O)O)sc2c1CCCC2. The lowest BCUT2D eigenvalue weighted by Gasteiger charge is -2.12. The number of fused-ring (bicyclic) bond motifs is 1. The average Bonchev–Trinajstić information content (AvgIpc) is 2.84. The highest BCUT2D eigenvalue weighted by Crippen LogP contribution is 2.38.